The molecule has 148 valence electrons. The van der Waals surface area contributed by atoms with E-state index < -0.39 is 16.0 Å². The number of carbonyl (C=O) groups is 2. The highest BCUT2D eigenvalue weighted by Crippen LogP contribution is 2.25. The highest BCUT2D eigenvalue weighted by atomic mass is 32.2. The van der Waals surface area contributed by atoms with Gasteiger partial charge in [0.1, 0.15) is 0 Å². The number of ether oxygens (including phenoxy) is 1. The molecule has 0 fully saturated rings. The maximum atomic E-state index is 12.9. The molecule has 0 aromatic heterocycles. The molecule has 7 nitrogen and oxygen atoms in total. The van der Waals surface area contributed by atoms with Crippen molar-refractivity contribution in [3.63, 3.8) is 0 Å². The van der Waals surface area contributed by atoms with Crippen LogP contribution in [0.2, 0.25) is 0 Å². The van der Waals surface area contributed by atoms with Gasteiger partial charge in [-0.15, -0.1) is 0 Å². The van der Waals surface area contributed by atoms with Gasteiger partial charge < -0.3 is 10.1 Å². The zero-order chi connectivity index (χ0) is 20.1. The molecule has 0 spiro atoms. The van der Waals surface area contributed by atoms with Gasteiger partial charge in [-0.05, 0) is 48.7 Å². The summed E-state index contributed by atoms with van der Waals surface area (Å²) in [5.41, 5.74) is 2.36. The summed E-state index contributed by atoms with van der Waals surface area (Å²) in [5.74, 6) is -1.07. The van der Waals surface area contributed by atoms with Crippen LogP contribution in [0, 0.1) is 0 Å². The number of hydrogen-bond acceptors (Lipinski definition) is 5. The summed E-state index contributed by atoms with van der Waals surface area (Å²) in [4.78, 5) is 23.5. The van der Waals surface area contributed by atoms with Crippen molar-refractivity contribution in [1.29, 1.82) is 0 Å². The number of rotatable bonds is 6. The topological polar surface area (TPSA) is 92.8 Å². The lowest BCUT2D eigenvalue weighted by Crippen LogP contribution is -2.35. The Balaban J connectivity index is 1.69. The molecule has 0 radical (unpaired) electrons. The second kappa shape index (κ2) is 8.53. The normalized spacial score (nSPS) is 14.2. The maximum absolute atomic E-state index is 12.9. The van der Waals surface area contributed by atoms with Crippen LogP contribution in [-0.4, -0.2) is 44.3 Å². The minimum Gasteiger partial charge on any atom is -0.452 e. The predicted molar refractivity (Wildman–Crippen MR) is 103 cm³/mol. The average Bonchev–Trinajstić information content (AvgIpc) is 2.72. The first-order chi connectivity index (χ1) is 13.4. The van der Waals surface area contributed by atoms with E-state index in [1.807, 2.05) is 24.3 Å². The summed E-state index contributed by atoms with van der Waals surface area (Å²) < 4.78 is 32.2. The molecular weight excluding hydrogens is 380 g/mol. The number of nitrogens with one attached hydrogen (secondary N) is 1. The fourth-order valence-corrected chi connectivity index (χ4v) is 4.47. The first-order valence-electron chi connectivity index (χ1n) is 9.02. The molecule has 3 rings (SSSR count). The van der Waals surface area contributed by atoms with Gasteiger partial charge in [-0.25, -0.2) is 13.2 Å². The smallest absolute Gasteiger partial charge is 0.338 e. The molecule has 0 aliphatic carbocycles. The van der Waals surface area contributed by atoms with Crippen LogP contribution in [0.1, 0.15) is 28.4 Å². The number of likely N-dealkylation sites (N-methyl/N-ethyl adjacent to an activating group) is 1. The molecule has 2 aromatic rings. The minimum atomic E-state index is -3.66. The van der Waals surface area contributed by atoms with Crippen molar-refractivity contribution in [3.8, 4) is 0 Å². The number of hydrogen-bond donors (Lipinski definition) is 1. The van der Waals surface area contributed by atoms with E-state index in [0.29, 0.717) is 26.1 Å². The van der Waals surface area contributed by atoms with Crippen molar-refractivity contribution in [1.82, 2.24) is 9.62 Å². The van der Waals surface area contributed by atoms with Crippen LogP contribution >= 0.6 is 0 Å². The minimum absolute atomic E-state index is 0.118. The highest BCUT2D eigenvalue weighted by molar-refractivity contribution is 7.89. The Hall–Kier alpha value is -2.71. The molecule has 0 bridgehead atoms. The van der Waals surface area contributed by atoms with E-state index in [-0.39, 0.29) is 23.0 Å². The third-order valence-corrected chi connectivity index (χ3v) is 6.39. The number of carbonyl (C=O) groups excluding carboxylic acids is 2. The van der Waals surface area contributed by atoms with Gasteiger partial charge in [-0.3, -0.25) is 4.79 Å². The fourth-order valence-electron chi connectivity index (χ4n) is 3.05. The Morgan fingerprint density at radius 2 is 1.75 bits per heavy atom. The Bertz CT molecular complexity index is 970. The van der Waals surface area contributed by atoms with Crippen LogP contribution in [0.4, 0.5) is 0 Å². The Morgan fingerprint density at radius 3 is 2.43 bits per heavy atom. The van der Waals surface area contributed by atoms with Crippen molar-refractivity contribution in [3.05, 3.63) is 65.2 Å². The van der Waals surface area contributed by atoms with Crippen molar-refractivity contribution in [2.75, 3.05) is 19.7 Å². The number of fused-ring (bicyclic) bond motifs is 1. The van der Waals surface area contributed by atoms with Crippen LogP contribution in [0.5, 0.6) is 0 Å². The average molecular weight is 402 g/mol. The van der Waals surface area contributed by atoms with Crippen LogP contribution in [0.3, 0.4) is 0 Å². The van der Waals surface area contributed by atoms with Gasteiger partial charge in [0.25, 0.3) is 5.91 Å². The van der Waals surface area contributed by atoms with Crippen LogP contribution in [0.15, 0.2) is 53.4 Å². The zero-order valence-electron chi connectivity index (χ0n) is 15.6. The van der Waals surface area contributed by atoms with Gasteiger partial charge in [0.2, 0.25) is 10.0 Å². The van der Waals surface area contributed by atoms with Crippen molar-refractivity contribution in [2.24, 2.45) is 0 Å². The van der Waals surface area contributed by atoms with Crippen LogP contribution in [0.25, 0.3) is 0 Å². The summed E-state index contributed by atoms with van der Waals surface area (Å²) in [6, 6.07) is 13.4. The molecule has 2 aromatic carbocycles. The van der Waals surface area contributed by atoms with E-state index in [2.05, 4.69) is 5.32 Å². The summed E-state index contributed by atoms with van der Waals surface area (Å²) in [5, 5.41) is 2.52. The lowest BCUT2D eigenvalue weighted by molar-refractivity contribution is -0.124. The van der Waals surface area contributed by atoms with E-state index in [0.717, 1.165) is 5.56 Å². The van der Waals surface area contributed by atoms with Gasteiger partial charge in [0, 0.05) is 19.6 Å². The monoisotopic (exact) mass is 402 g/mol. The number of sulfonamides is 1. The van der Waals surface area contributed by atoms with Gasteiger partial charge in [0.05, 0.1) is 10.5 Å². The van der Waals surface area contributed by atoms with Gasteiger partial charge >= 0.3 is 5.97 Å². The molecule has 0 unspecified atom stereocenters. The van der Waals surface area contributed by atoms with E-state index in [4.69, 9.17) is 4.74 Å². The third-order valence-electron chi connectivity index (χ3n) is 4.53. The molecule has 1 heterocycles. The maximum Gasteiger partial charge on any atom is 0.338 e. The molecule has 0 saturated carbocycles. The summed E-state index contributed by atoms with van der Waals surface area (Å²) in [6.45, 7) is 2.58. The first-order valence-corrected chi connectivity index (χ1v) is 10.5. The third kappa shape index (κ3) is 4.40. The largest absolute Gasteiger partial charge is 0.452 e. The van der Waals surface area contributed by atoms with Gasteiger partial charge in [-0.2, -0.15) is 4.31 Å². The van der Waals surface area contributed by atoms with Crippen LogP contribution in [-0.2, 0) is 32.5 Å². The summed E-state index contributed by atoms with van der Waals surface area (Å²) in [7, 11) is -3.66. The fraction of sp³-hybridized carbons (Fsp3) is 0.300. The Labute approximate surface area is 164 Å². The molecule has 1 aliphatic rings. The number of amides is 1. The molecule has 28 heavy (non-hydrogen) atoms. The van der Waals surface area contributed by atoms with Gasteiger partial charge in [-0.1, -0.05) is 24.3 Å². The lowest BCUT2D eigenvalue weighted by atomic mass is 10.0. The van der Waals surface area contributed by atoms with E-state index in [1.165, 1.54) is 34.1 Å². The first kappa shape index (κ1) is 20.0. The second-order valence-corrected chi connectivity index (χ2v) is 8.35. The van der Waals surface area contributed by atoms with Crippen LogP contribution < -0.4 is 5.32 Å². The molecule has 1 aliphatic heterocycles. The Kier molecular flexibility index (Phi) is 6.11. The number of benzene rings is 2. The van der Waals surface area contributed by atoms with Crippen molar-refractivity contribution < 1.29 is 22.7 Å². The highest BCUT2D eigenvalue weighted by Gasteiger charge is 2.28. The number of esters is 1. The van der Waals surface area contributed by atoms with E-state index in [9.17, 15) is 18.0 Å². The van der Waals surface area contributed by atoms with Gasteiger partial charge in [0.15, 0.2) is 6.61 Å². The molecule has 0 saturated heterocycles. The van der Waals surface area contributed by atoms with E-state index in [1.54, 1.807) is 6.92 Å². The summed E-state index contributed by atoms with van der Waals surface area (Å²) in [6.07, 6.45) is 0.666. The van der Waals surface area contributed by atoms with E-state index >= 15 is 0 Å². The molecular formula is C20H22N2O5S. The second-order valence-electron chi connectivity index (χ2n) is 6.41. The van der Waals surface area contributed by atoms with Crippen molar-refractivity contribution in [2.45, 2.75) is 24.8 Å². The Morgan fingerprint density at radius 1 is 1.07 bits per heavy atom. The molecule has 0 atom stereocenters. The quantitative estimate of drug-likeness (QED) is 0.743. The molecule has 1 amide bonds. The number of nitrogens with zero attached hydrogens (tertiary/aromatic N) is 1. The predicted octanol–water partition coefficient (Wildman–Crippen LogP) is 1.73. The lowest BCUT2D eigenvalue weighted by Gasteiger charge is -2.28. The molecule has 8 heteroatoms. The SMILES string of the molecule is CCNC(=O)COC(=O)c1ccc(S(=O)(=O)N2CCc3ccccc3C2)cc1. The standard InChI is InChI=1S/C20H22N2O5S/c1-2-21-19(23)14-27-20(24)16-7-9-18(10-8-16)28(25,26)22-12-11-15-5-3-4-6-17(15)13-22/h3-10H,2,11-14H2,1H3,(H,21,23). The van der Waals surface area contributed by atoms with Crippen molar-refractivity contribution >= 4 is 21.9 Å². The zero-order valence-corrected chi connectivity index (χ0v) is 16.4. The molecule has 1 N–H and O–H groups in total. The summed E-state index contributed by atoms with van der Waals surface area (Å²) >= 11 is 0.